The maximum atomic E-state index is 13.9. The van der Waals surface area contributed by atoms with Crippen molar-refractivity contribution in [1.29, 1.82) is 0 Å². The predicted octanol–water partition coefficient (Wildman–Crippen LogP) is 3.73. The van der Waals surface area contributed by atoms with Gasteiger partial charge in [-0.2, -0.15) is 4.98 Å². The van der Waals surface area contributed by atoms with Gasteiger partial charge < -0.3 is 14.6 Å². The van der Waals surface area contributed by atoms with Gasteiger partial charge in [0.2, 0.25) is 11.7 Å². The minimum absolute atomic E-state index is 0.0315. The van der Waals surface area contributed by atoms with Crippen molar-refractivity contribution >= 4 is 5.91 Å². The molecule has 0 fully saturated rings. The Morgan fingerprint density at radius 3 is 2.74 bits per heavy atom. The number of aromatic nitrogens is 2. The number of nitrogens with one attached hydrogen (secondary N) is 1. The van der Waals surface area contributed by atoms with Crippen LogP contribution in [-0.2, 0) is 6.61 Å². The molecular weight excluding hydrogens is 356 g/mol. The van der Waals surface area contributed by atoms with Gasteiger partial charge in [0, 0.05) is 18.6 Å². The van der Waals surface area contributed by atoms with Crippen molar-refractivity contribution in [3.63, 3.8) is 0 Å². The number of benzene rings is 2. The first-order valence-corrected chi connectivity index (χ1v) is 8.21. The molecule has 8 heteroatoms. The van der Waals surface area contributed by atoms with E-state index in [1.54, 1.807) is 38.1 Å². The van der Waals surface area contributed by atoms with Crippen LogP contribution in [0, 0.1) is 18.6 Å². The zero-order valence-corrected chi connectivity index (χ0v) is 14.7. The first-order valence-electron chi connectivity index (χ1n) is 8.21. The largest absolute Gasteiger partial charge is 0.485 e. The van der Waals surface area contributed by atoms with Gasteiger partial charge in [-0.25, -0.2) is 8.78 Å². The minimum atomic E-state index is -0.722. The number of aryl methyl sites for hydroxylation is 1. The van der Waals surface area contributed by atoms with E-state index >= 15 is 0 Å². The van der Waals surface area contributed by atoms with Crippen LogP contribution in [0.4, 0.5) is 8.78 Å². The highest BCUT2D eigenvalue weighted by atomic mass is 19.1. The molecule has 1 N–H and O–H groups in total. The number of nitrogens with zero attached hydrogens (tertiary/aromatic N) is 2. The van der Waals surface area contributed by atoms with Crippen molar-refractivity contribution < 1.29 is 22.8 Å². The van der Waals surface area contributed by atoms with Crippen LogP contribution < -0.4 is 10.1 Å². The second-order valence-corrected chi connectivity index (χ2v) is 5.88. The number of amides is 1. The van der Waals surface area contributed by atoms with Gasteiger partial charge in [0.15, 0.2) is 6.61 Å². The van der Waals surface area contributed by atoms with Gasteiger partial charge in [-0.1, -0.05) is 23.4 Å². The minimum Gasteiger partial charge on any atom is -0.485 e. The molecule has 2 aromatic carbocycles. The number of carbonyl (C=O) groups is 1. The summed E-state index contributed by atoms with van der Waals surface area (Å²) in [4.78, 5) is 16.6. The Kier molecular flexibility index (Phi) is 5.44. The average Bonchev–Trinajstić information content (AvgIpc) is 3.05. The fourth-order valence-corrected chi connectivity index (χ4v) is 2.53. The van der Waals surface area contributed by atoms with E-state index in [4.69, 9.17) is 9.26 Å². The van der Waals surface area contributed by atoms with Crippen LogP contribution in [0.3, 0.4) is 0 Å². The van der Waals surface area contributed by atoms with Crippen molar-refractivity contribution in [3.05, 3.63) is 76.9 Å². The molecule has 1 aromatic heterocycles. The van der Waals surface area contributed by atoms with Crippen LogP contribution in [-0.4, -0.2) is 16.0 Å². The normalized spacial score (nSPS) is 11.9. The number of hydrogen-bond donors (Lipinski definition) is 1. The lowest BCUT2D eigenvalue weighted by molar-refractivity contribution is 0.0934. The van der Waals surface area contributed by atoms with Crippen molar-refractivity contribution in [1.82, 2.24) is 15.5 Å². The monoisotopic (exact) mass is 373 g/mol. The molecule has 1 unspecified atom stereocenters. The average molecular weight is 373 g/mol. The fourth-order valence-electron chi connectivity index (χ4n) is 2.53. The van der Waals surface area contributed by atoms with Crippen molar-refractivity contribution in [2.24, 2.45) is 0 Å². The zero-order valence-electron chi connectivity index (χ0n) is 14.7. The Bertz CT molecular complexity index is 959. The molecule has 0 aliphatic rings. The van der Waals surface area contributed by atoms with Gasteiger partial charge in [0.05, 0.1) is 11.6 Å². The van der Waals surface area contributed by atoms with E-state index in [0.717, 1.165) is 12.1 Å². The van der Waals surface area contributed by atoms with E-state index < -0.39 is 23.6 Å². The van der Waals surface area contributed by atoms with Gasteiger partial charge in [-0.3, -0.25) is 4.79 Å². The first kappa shape index (κ1) is 18.5. The highest BCUT2D eigenvalue weighted by molar-refractivity contribution is 5.97. The molecule has 0 spiro atoms. The molecule has 0 bridgehead atoms. The highest BCUT2D eigenvalue weighted by Gasteiger charge is 2.18. The first-order chi connectivity index (χ1) is 12.9. The van der Waals surface area contributed by atoms with Crippen LogP contribution in [0.25, 0.3) is 0 Å². The molecular formula is C19H17F2N3O3. The maximum absolute atomic E-state index is 13.9. The molecule has 1 atom stereocenters. The lowest BCUT2D eigenvalue weighted by Crippen LogP contribution is -2.27. The number of rotatable bonds is 6. The second-order valence-electron chi connectivity index (χ2n) is 5.88. The summed E-state index contributed by atoms with van der Waals surface area (Å²) in [6, 6.07) is 9.18. The quantitative estimate of drug-likeness (QED) is 0.712. The van der Waals surface area contributed by atoms with Gasteiger partial charge in [-0.05, 0) is 25.1 Å². The molecule has 140 valence electrons. The Balaban J connectivity index is 1.72. The molecule has 0 aliphatic heterocycles. The van der Waals surface area contributed by atoms with Crippen LogP contribution >= 0.6 is 0 Å². The summed E-state index contributed by atoms with van der Waals surface area (Å²) in [6.07, 6.45) is 0. The van der Waals surface area contributed by atoms with Crippen LogP contribution in [0.1, 0.15) is 40.6 Å². The smallest absolute Gasteiger partial charge is 0.255 e. The van der Waals surface area contributed by atoms with Crippen LogP contribution in [0.2, 0.25) is 0 Å². The molecule has 0 aliphatic carbocycles. The summed E-state index contributed by atoms with van der Waals surface area (Å²) >= 11 is 0. The summed E-state index contributed by atoms with van der Waals surface area (Å²) in [7, 11) is 0. The number of ether oxygens (including phenoxy) is 1. The lowest BCUT2D eigenvalue weighted by atomic mass is 10.1. The molecule has 3 rings (SSSR count). The standard InChI is InChI=1S/C19H17F2N3O3/c1-11(14-8-7-13(20)9-16(14)21)22-19(25)15-5-3-4-6-17(15)26-10-18-23-12(2)27-24-18/h3-9,11H,10H2,1-2H3,(H,22,25). The fraction of sp³-hybridized carbons (Fsp3) is 0.211. The van der Waals surface area contributed by atoms with E-state index in [-0.39, 0.29) is 17.7 Å². The molecule has 27 heavy (non-hydrogen) atoms. The third kappa shape index (κ3) is 4.46. The topological polar surface area (TPSA) is 77.2 Å². The van der Waals surface area contributed by atoms with Gasteiger partial charge in [0.1, 0.15) is 17.4 Å². The van der Waals surface area contributed by atoms with E-state index in [9.17, 15) is 13.6 Å². The van der Waals surface area contributed by atoms with Crippen molar-refractivity contribution in [2.75, 3.05) is 0 Å². The predicted molar refractivity (Wildman–Crippen MR) is 92.0 cm³/mol. The molecule has 0 saturated carbocycles. The van der Waals surface area contributed by atoms with Crippen molar-refractivity contribution in [2.45, 2.75) is 26.5 Å². The van der Waals surface area contributed by atoms with E-state index in [2.05, 4.69) is 15.5 Å². The third-order valence-electron chi connectivity index (χ3n) is 3.83. The number of hydrogen-bond acceptors (Lipinski definition) is 5. The molecule has 3 aromatic rings. The van der Waals surface area contributed by atoms with Gasteiger partial charge in [-0.15, -0.1) is 0 Å². The van der Waals surface area contributed by atoms with E-state index in [1.807, 2.05) is 0 Å². The summed E-state index contributed by atoms with van der Waals surface area (Å²) in [5, 5.41) is 6.41. The number of para-hydroxylation sites is 1. The maximum Gasteiger partial charge on any atom is 0.255 e. The lowest BCUT2D eigenvalue weighted by Gasteiger charge is -2.16. The van der Waals surface area contributed by atoms with Gasteiger partial charge in [0.25, 0.3) is 5.91 Å². The van der Waals surface area contributed by atoms with E-state index in [1.165, 1.54) is 6.07 Å². The SMILES string of the molecule is Cc1nc(COc2ccccc2C(=O)NC(C)c2ccc(F)cc2F)no1. The molecule has 1 heterocycles. The Labute approximate surface area is 154 Å². The third-order valence-corrected chi connectivity index (χ3v) is 3.83. The molecule has 1 amide bonds. The Morgan fingerprint density at radius 2 is 2.04 bits per heavy atom. The molecule has 0 saturated heterocycles. The van der Waals surface area contributed by atoms with Crippen LogP contribution in [0.15, 0.2) is 47.0 Å². The molecule has 6 nitrogen and oxygen atoms in total. The zero-order chi connectivity index (χ0) is 19.4. The second kappa shape index (κ2) is 7.94. The number of carbonyl (C=O) groups excluding carboxylic acids is 1. The molecule has 0 radical (unpaired) electrons. The highest BCUT2D eigenvalue weighted by Crippen LogP contribution is 2.22. The van der Waals surface area contributed by atoms with Crippen molar-refractivity contribution in [3.8, 4) is 5.75 Å². The summed E-state index contributed by atoms with van der Waals surface area (Å²) in [6.45, 7) is 3.30. The Morgan fingerprint density at radius 1 is 1.26 bits per heavy atom. The summed E-state index contributed by atoms with van der Waals surface area (Å²) in [5.41, 5.74) is 0.456. The Hall–Kier alpha value is -3.29. The summed E-state index contributed by atoms with van der Waals surface area (Å²) in [5.74, 6) is -0.764. The van der Waals surface area contributed by atoms with E-state index in [0.29, 0.717) is 17.5 Å². The summed E-state index contributed by atoms with van der Waals surface area (Å²) < 4.78 is 37.4. The van der Waals surface area contributed by atoms with Gasteiger partial charge >= 0.3 is 0 Å². The number of halogens is 2. The van der Waals surface area contributed by atoms with Crippen LogP contribution in [0.5, 0.6) is 5.75 Å².